The third-order valence-electron chi connectivity index (χ3n) is 3.14. The Morgan fingerprint density at radius 2 is 1.42 bits per heavy atom. The summed E-state index contributed by atoms with van der Waals surface area (Å²) in [5, 5.41) is 4.45. The first-order valence-electron chi connectivity index (χ1n) is 8.79. The van der Waals surface area contributed by atoms with Crippen LogP contribution in [0.4, 0.5) is 0 Å². The molecule has 0 radical (unpaired) electrons. The molecule has 0 aliphatic heterocycles. The van der Waals surface area contributed by atoms with Crippen molar-refractivity contribution in [1.29, 1.82) is 0 Å². The summed E-state index contributed by atoms with van der Waals surface area (Å²) in [6, 6.07) is 3.92. The van der Waals surface area contributed by atoms with Crippen molar-refractivity contribution in [2.75, 3.05) is 7.05 Å². The normalized spacial score (nSPS) is 9.00. The molecule has 0 aromatic heterocycles. The second-order valence-electron chi connectivity index (χ2n) is 5.17. The Labute approximate surface area is 148 Å². The molecule has 0 heterocycles. The molecule has 4 nitrogen and oxygen atoms in total. The van der Waals surface area contributed by atoms with Crippen molar-refractivity contribution in [2.45, 2.75) is 67.7 Å². The van der Waals surface area contributed by atoms with Crippen LogP contribution < -0.4 is 0 Å². The molecule has 1 aromatic carbocycles. The molecule has 0 saturated heterocycles. The van der Waals surface area contributed by atoms with Gasteiger partial charge in [0.25, 0.3) is 5.78 Å². The van der Waals surface area contributed by atoms with Gasteiger partial charge in [0, 0.05) is 19.3 Å². The number of nitrogens with zero attached hydrogens (tertiary/aromatic N) is 2. The highest BCUT2D eigenvalue weighted by molar-refractivity contribution is 6.43. The van der Waals surface area contributed by atoms with E-state index in [0.717, 1.165) is 21.7 Å². The topological polar surface area (TPSA) is 49.7 Å². The molecule has 0 bridgehead atoms. The number of hydrogen-bond donors (Lipinski definition) is 0. The van der Waals surface area contributed by atoms with Gasteiger partial charge in [-0.3, -0.25) is 9.59 Å². The Morgan fingerprint density at radius 1 is 1.04 bits per heavy atom. The summed E-state index contributed by atoms with van der Waals surface area (Å²) in [6.07, 6.45) is 2.68. The van der Waals surface area contributed by atoms with Gasteiger partial charge >= 0.3 is 5.91 Å². The molecule has 136 valence electrons. The number of carbonyl (C=O) groups excluding carboxylic acids is 2. The zero-order chi connectivity index (χ0) is 19.3. The number of carbonyl (C=O) groups is 2. The van der Waals surface area contributed by atoms with E-state index in [1.165, 1.54) is 13.5 Å². The molecule has 0 unspecified atom stereocenters. The summed E-state index contributed by atoms with van der Waals surface area (Å²) in [6.45, 7) is 17.5. The lowest BCUT2D eigenvalue weighted by atomic mass is 9.92. The Hall–Kier alpha value is -1.97. The molecule has 1 aromatic rings. The number of rotatable bonds is 5. The lowest BCUT2D eigenvalue weighted by Gasteiger charge is -2.15. The minimum atomic E-state index is -0.650. The Morgan fingerprint density at radius 3 is 1.71 bits per heavy atom. The second-order valence-corrected chi connectivity index (χ2v) is 5.17. The highest BCUT2D eigenvalue weighted by atomic mass is 16.2. The number of likely N-dealkylation sites (N-methyl/N-ethyl adjacent to an activating group) is 1. The van der Waals surface area contributed by atoms with Crippen LogP contribution in [0.1, 0.15) is 75.0 Å². The van der Waals surface area contributed by atoms with Crippen LogP contribution in [-0.2, 0) is 17.6 Å². The van der Waals surface area contributed by atoms with Crippen molar-refractivity contribution in [3.63, 3.8) is 0 Å². The quantitative estimate of drug-likeness (QED) is 0.335. The largest absolute Gasteiger partial charge is 0.314 e. The number of aryl methyl sites for hydroxylation is 3. The molecule has 0 saturated carbocycles. The first-order chi connectivity index (χ1) is 11.4. The molecule has 0 aliphatic rings. The summed E-state index contributed by atoms with van der Waals surface area (Å²) in [5.74, 6) is -1.16. The molecule has 0 spiro atoms. The van der Waals surface area contributed by atoms with Gasteiger partial charge in [-0.25, -0.2) is 5.01 Å². The van der Waals surface area contributed by atoms with E-state index in [1.54, 1.807) is 0 Å². The van der Waals surface area contributed by atoms with Crippen LogP contribution in [0.25, 0.3) is 0 Å². The average Bonchev–Trinajstić information content (AvgIpc) is 2.61. The van der Waals surface area contributed by atoms with Crippen LogP contribution in [0.2, 0.25) is 0 Å². The lowest BCUT2D eigenvalue weighted by Crippen LogP contribution is -2.30. The third kappa shape index (κ3) is 7.07. The monoisotopic (exact) mass is 334 g/mol. The first-order valence-corrected chi connectivity index (χ1v) is 8.79. The SMILES string of the molecule is C=NN(C)C(=O)C(=O)c1c(CC)cc(C)cc1CC.CC.CCC. The molecule has 1 rings (SSSR count). The smallest absolute Gasteiger partial charge is 0.283 e. The number of Topliss-reactive ketones (excluding diaryl/α,β-unsaturated/α-hetero) is 1. The number of benzene rings is 1. The Kier molecular flexibility index (Phi) is 13.6. The molecule has 0 aliphatic carbocycles. The number of ketones is 1. The molecule has 0 N–H and O–H groups in total. The van der Waals surface area contributed by atoms with E-state index in [4.69, 9.17) is 0 Å². The van der Waals surface area contributed by atoms with Crippen molar-refractivity contribution in [2.24, 2.45) is 5.10 Å². The fraction of sp³-hybridized carbons (Fsp3) is 0.550. The van der Waals surface area contributed by atoms with Crippen molar-refractivity contribution in [1.82, 2.24) is 5.01 Å². The van der Waals surface area contributed by atoms with Crippen LogP contribution in [0.3, 0.4) is 0 Å². The third-order valence-corrected chi connectivity index (χ3v) is 3.14. The summed E-state index contributed by atoms with van der Waals surface area (Å²) in [7, 11) is 1.43. The maximum Gasteiger partial charge on any atom is 0.314 e. The molecular weight excluding hydrogens is 300 g/mol. The predicted molar refractivity (Wildman–Crippen MR) is 104 cm³/mol. The maximum atomic E-state index is 12.3. The van der Waals surface area contributed by atoms with Gasteiger partial charge in [-0.1, -0.05) is 65.7 Å². The van der Waals surface area contributed by atoms with Crippen LogP contribution >= 0.6 is 0 Å². The summed E-state index contributed by atoms with van der Waals surface area (Å²) >= 11 is 0. The van der Waals surface area contributed by atoms with Gasteiger partial charge < -0.3 is 0 Å². The molecule has 4 heteroatoms. The summed E-state index contributed by atoms with van der Waals surface area (Å²) in [4.78, 5) is 24.3. The minimum absolute atomic E-state index is 0.511. The van der Waals surface area contributed by atoms with Crippen LogP contribution in [0, 0.1) is 6.92 Å². The van der Waals surface area contributed by atoms with E-state index in [9.17, 15) is 9.59 Å². The van der Waals surface area contributed by atoms with Gasteiger partial charge in [0.1, 0.15) is 0 Å². The van der Waals surface area contributed by atoms with Crippen molar-refractivity contribution >= 4 is 18.4 Å². The van der Waals surface area contributed by atoms with E-state index >= 15 is 0 Å². The van der Waals surface area contributed by atoms with Crippen molar-refractivity contribution in [3.8, 4) is 0 Å². The van der Waals surface area contributed by atoms with Crippen molar-refractivity contribution in [3.05, 3.63) is 34.4 Å². The second kappa shape index (κ2) is 13.5. The molecule has 0 atom stereocenters. The van der Waals surface area contributed by atoms with Gasteiger partial charge in [0.05, 0.1) is 0 Å². The summed E-state index contributed by atoms with van der Waals surface area (Å²) < 4.78 is 0. The Bertz CT molecular complexity index is 511. The average molecular weight is 335 g/mol. The molecule has 1 amide bonds. The highest BCUT2D eigenvalue weighted by Crippen LogP contribution is 2.20. The zero-order valence-corrected chi connectivity index (χ0v) is 16.7. The standard InChI is InChI=1S/C15H20N2O2.C3H8.C2H6/c1-6-11-8-10(3)9-12(7-2)13(11)14(18)15(19)17(5)16-4;1-3-2;1-2/h8-9H,4,6-7H2,1-3,5H3;3H2,1-2H3;1-2H3. The minimum Gasteiger partial charge on any atom is -0.283 e. The lowest BCUT2D eigenvalue weighted by molar-refractivity contribution is -0.125. The fourth-order valence-corrected chi connectivity index (χ4v) is 2.11. The molecule has 0 fully saturated rings. The van der Waals surface area contributed by atoms with Gasteiger partial charge in [0.2, 0.25) is 0 Å². The molecular formula is C20H34N2O2. The van der Waals surface area contributed by atoms with Crippen LogP contribution in [0.5, 0.6) is 0 Å². The number of amides is 1. The van der Waals surface area contributed by atoms with Gasteiger partial charge in [-0.2, -0.15) is 5.10 Å². The highest BCUT2D eigenvalue weighted by Gasteiger charge is 2.24. The van der Waals surface area contributed by atoms with Gasteiger partial charge in [-0.15, -0.1) is 0 Å². The maximum absolute atomic E-state index is 12.3. The van der Waals surface area contributed by atoms with E-state index < -0.39 is 11.7 Å². The van der Waals surface area contributed by atoms with E-state index in [2.05, 4.69) is 25.7 Å². The van der Waals surface area contributed by atoms with E-state index in [1.807, 2.05) is 46.8 Å². The number of hydrogen-bond acceptors (Lipinski definition) is 3. The van der Waals surface area contributed by atoms with Crippen LogP contribution in [0.15, 0.2) is 17.2 Å². The van der Waals surface area contributed by atoms with Crippen molar-refractivity contribution < 1.29 is 9.59 Å². The van der Waals surface area contributed by atoms with Gasteiger partial charge in [-0.05, 0) is 30.9 Å². The predicted octanol–water partition coefficient (Wildman–Crippen LogP) is 4.82. The fourth-order valence-electron chi connectivity index (χ4n) is 2.11. The van der Waals surface area contributed by atoms with E-state index in [0.29, 0.717) is 18.4 Å². The van der Waals surface area contributed by atoms with Crippen LogP contribution in [-0.4, -0.2) is 30.5 Å². The summed E-state index contributed by atoms with van der Waals surface area (Å²) in [5.41, 5.74) is 3.45. The van der Waals surface area contributed by atoms with Gasteiger partial charge in [0.15, 0.2) is 0 Å². The molecule has 24 heavy (non-hydrogen) atoms. The zero-order valence-electron chi connectivity index (χ0n) is 16.7. The van der Waals surface area contributed by atoms with E-state index in [-0.39, 0.29) is 0 Å². The Balaban J connectivity index is 0. The number of hydrazone groups is 1. The first kappa shape index (κ1) is 24.3.